The van der Waals surface area contributed by atoms with E-state index in [9.17, 15) is 4.79 Å². The Bertz CT molecular complexity index is 476. The minimum atomic E-state index is -0.0928. The monoisotopic (exact) mass is 260 g/mol. The van der Waals surface area contributed by atoms with E-state index in [2.05, 4.69) is 20.6 Å². The van der Waals surface area contributed by atoms with Crippen molar-refractivity contribution in [1.29, 1.82) is 0 Å². The maximum Gasteiger partial charge on any atom is 0.271 e. The second kappa shape index (κ2) is 5.15. The number of fused-ring (bicyclic) bond motifs is 2. The molecular formula is C14H20N4O. The third-order valence-electron chi connectivity index (χ3n) is 4.28. The summed E-state index contributed by atoms with van der Waals surface area (Å²) in [5.41, 5.74) is 0.404. The Balaban J connectivity index is 1.65. The molecule has 0 aliphatic heterocycles. The SMILES string of the molecule is CCNc1cncc(C(=O)NC2CC3CCC2C3)n1. The molecule has 1 aromatic heterocycles. The van der Waals surface area contributed by atoms with Crippen molar-refractivity contribution in [2.24, 2.45) is 11.8 Å². The number of rotatable bonds is 4. The van der Waals surface area contributed by atoms with E-state index in [1.165, 1.54) is 25.5 Å². The van der Waals surface area contributed by atoms with Crippen LogP contribution in [0.4, 0.5) is 5.82 Å². The summed E-state index contributed by atoms with van der Waals surface area (Å²) in [5, 5.41) is 6.20. The highest BCUT2D eigenvalue weighted by Crippen LogP contribution is 2.44. The number of hydrogen-bond acceptors (Lipinski definition) is 4. The minimum absolute atomic E-state index is 0.0928. The second-order valence-electron chi connectivity index (χ2n) is 5.57. The van der Waals surface area contributed by atoms with Crippen LogP contribution >= 0.6 is 0 Å². The van der Waals surface area contributed by atoms with Crippen molar-refractivity contribution >= 4 is 11.7 Å². The van der Waals surface area contributed by atoms with Gasteiger partial charge < -0.3 is 10.6 Å². The van der Waals surface area contributed by atoms with Gasteiger partial charge in [-0.25, -0.2) is 4.98 Å². The molecule has 3 atom stereocenters. The molecule has 5 nitrogen and oxygen atoms in total. The predicted octanol–water partition coefficient (Wildman–Crippen LogP) is 1.83. The number of carbonyl (C=O) groups excluding carboxylic acids is 1. The summed E-state index contributed by atoms with van der Waals surface area (Å²) in [5.74, 6) is 2.07. The van der Waals surface area contributed by atoms with Crippen LogP contribution < -0.4 is 10.6 Å². The Hall–Kier alpha value is -1.65. The molecule has 0 saturated heterocycles. The topological polar surface area (TPSA) is 66.9 Å². The quantitative estimate of drug-likeness (QED) is 0.866. The third-order valence-corrected chi connectivity index (χ3v) is 4.28. The maximum absolute atomic E-state index is 12.2. The number of aromatic nitrogens is 2. The molecule has 2 N–H and O–H groups in total. The van der Waals surface area contributed by atoms with Crippen LogP contribution in [0.3, 0.4) is 0 Å². The van der Waals surface area contributed by atoms with Crippen molar-refractivity contribution in [3.8, 4) is 0 Å². The van der Waals surface area contributed by atoms with Gasteiger partial charge in [-0.2, -0.15) is 0 Å². The third kappa shape index (κ3) is 2.55. The van der Waals surface area contributed by atoms with E-state index in [0.29, 0.717) is 23.5 Å². The first-order valence-corrected chi connectivity index (χ1v) is 7.13. The zero-order valence-electron chi connectivity index (χ0n) is 11.2. The number of nitrogens with one attached hydrogen (secondary N) is 2. The molecule has 5 heteroatoms. The Morgan fingerprint density at radius 3 is 2.95 bits per heavy atom. The number of carbonyl (C=O) groups is 1. The molecule has 2 aliphatic carbocycles. The lowest BCUT2D eigenvalue weighted by Crippen LogP contribution is -2.38. The van der Waals surface area contributed by atoms with E-state index < -0.39 is 0 Å². The van der Waals surface area contributed by atoms with Crippen LogP contribution in [0.5, 0.6) is 0 Å². The summed E-state index contributed by atoms with van der Waals surface area (Å²) in [4.78, 5) is 20.5. The number of nitrogens with zero attached hydrogens (tertiary/aromatic N) is 2. The van der Waals surface area contributed by atoms with Crippen LogP contribution in [0.1, 0.15) is 43.1 Å². The van der Waals surface area contributed by atoms with E-state index in [4.69, 9.17) is 0 Å². The van der Waals surface area contributed by atoms with Crippen molar-refractivity contribution in [3.63, 3.8) is 0 Å². The lowest BCUT2D eigenvalue weighted by atomic mass is 9.95. The van der Waals surface area contributed by atoms with Gasteiger partial charge in [-0.05, 0) is 38.0 Å². The van der Waals surface area contributed by atoms with Gasteiger partial charge in [-0.3, -0.25) is 9.78 Å². The second-order valence-corrected chi connectivity index (χ2v) is 5.57. The van der Waals surface area contributed by atoms with Crippen molar-refractivity contribution in [2.75, 3.05) is 11.9 Å². The van der Waals surface area contributed by atoms with Gasteiger partial charge in [0.05, 0.1) is 12.4 Å². The van der Waals surface area contributed by atoms with Crippen LogP contribution in [0.25, 0.3) is 0 Å². The van der Waals surface area contributed by atoms with Gasteiger partial charge in [0.25, 0.3) is 5.91 Å². The molecule has 0 spiro atoms. The maximum atomic E-state index is 12.2. The van der Waals surface area contributed by atoms with Crippen LogP contribution in [0.2, 0.25) is 0 Å². The fraction of sp³-hybridized carbons (Fsp3) is 0.643. The lowest BCUT2D eigenvalue weighted by Gasteiger charge is -2.22. The fourth-order valence-corrected chi connectivity index (χ4v) is 3.41. The fourth-order valence-electron chi connectivity index (χ4n) is 3.41. The molecule has 1 amide bonds. The van der Waals surface area contributed by atoms with E-state index in [-0.39, 0.29) is 5.91 Å². The van der Waals surface area contributed by atoms with E-state index in [1.54, 1.807) is 6.20 Å². The Morgan fingerprint density at radius 2 is 2.26 bits per heavy atom. The van der Waals surface area contributed by atoms with Crippen LogP contribution in [0.15, 0.2) is 12.4 Å². The zero-order chi connectivity index (χ0) is 13.2. The zero-order valence-corrected chi connectivity index (χ0v) is 11.2. The van der Waals surface area contributed by atoms with Gasteiger partial charge in [0.2, 0.25) is 0 Å². The molecule has 1 aromatic rings. The molecule has 102 valence electrons. The molecule has 0 aromatic carbocycles. The van der Waals surface area contributed by atoms with Gasteiger partial charge in [0.1, 0.15) is 11.5 Å². The first-order chi connectivity index (χ1) is 9.26. The smallest absolute Gasteiger partial charge is 0.271 e. The van der Waals surface area contributed by atoms with Gasteiger partial charge in [-0.15, -0.1) is 0 Å². The minimum Gasteiger partial charge on any atom is -0.369 e. The molecule has 3 rings (SSSR count). The van der Waals surface area contributed by atoms with Crippen LogP contribution in [0, 0.1) is 11.8 Å². The normalized spacial score (nSPS) is 28.4. The summed E-state index contributed by atoms with van der Waals surface area (Å²) in [6, 6.07) is 0.343. The first-order valence-electron chi connectivity index (χ1n) is 7.13. The average molecular weight is 260 g/mol. The van der Waals surface area contributed by atoms with Crippen LogP contribution in [-0.4, -0.2) is 28.5 Å². The Labute approximate surface area is 113 Å². The number of amides is 1. The van der Waals surface area contributed by atoms with Gasteiger partial charge in [0.15, 0.2) is 0 Å². The van der Waals surface area contributed by atoms with E-state index in [1.807, 2.05) is 6.92 Å². The average Bonchev–Trinajstić information content (AvgIpc) is 3.02. The standard InChI is InChI=1S/C14H20N4O/c1-2-16-13-8-15-7-12(17-13)14(19)18-11-6-9-3-4-10(11)5-9/h7-11H,2-6H2,1H3,(H,16,17)(H,18,19). The van der Waals surface area contributed by atoms with Crippen molar-refractivity contribution in [2.45, 2.75) is 38.6 Å². The van der Waals surface area contributed by atoms with Crippen LogP contribution in [-0.2, 0) is 0 Å². The van der Waals surface area contributed by atoms with Crippen molar-refractivity contribution < 1.29 is 4.79 Å². The molecule has 2 saturated carbocycles. The molecule has 1 heterocycles. The summed E-state index contributed by atoms with van der Waals surface area (Å²) >= 11 is 0. The van der Waals surface area contributed by atoms with Gasteiger partial charge >= 0.3 is 0 Å². The van der Waals surface area contributed by atoms with Crippen molar-refractivity contribution in [1.82, 2.24) is 15.3 Å². The highest BCUT2D eigenvalue weighted by Gasteiger charge is 2.40. The summed E-state index contributed by atoms with van der Waals surface area (Å²) in [7, 11) is 0. The van der Waals surface area contributed by atoms with Crippen molar-refractivity contribution in [3.05, 3.63) is 18.1 Å². The van der Waals surface area contributed by atoms with E-state index >= 15 is 0 Å². The summed E-state index contributed by atoms with van der Waals surface area (Å²) in [6.07, 6.45) is 8.19. The predicted molar refractivity (Wildman–Crippen MR) is 72.9 cm³/mol. The molecule has 2 fully saturated rings. The molecule has 2 aliphatic rings. The Morgan fingerprint density at radius 1 is 1.37 bits per heavy atom. The highest BCUT2D eigenvalue weighted by molar-refractivity contribution is 5.92. The molecule has 0 radical (unpaired) electrons. The summed E-state index contributed by atoms with van der Waals surface area (Å²) in [6.45, 7) is 2.76. The molecule has 2 bridgehead atoms. The highest BCUT2D eigenvalue weighted by atomic mass is 16.2. The molecule has 19 heavy (non-hydrogen) atoms. The largest absolute Gasteiger partial charge is 0.369 e. The van der Waals surface area contributed by atoms with Gasteiger partial charge in [0, 0.05) is 12.6 Å². The van der Waals surface area contributed by atoms with E-state index in [0.717, 1.165) is 18.9 Å². The number of anilines is 1. The molecule has 3 unspecified atom stereocenters. The Kier molecular flexibility index (Phi) is 3.36. The lowest BCUT2D eigenvalue weighted by molar-refractivity contribution is 0.0917. The number of hydrogen-bond donors (Lipinski definition) is 2. The first kappa shape index (κ1) is 12.4. The summed E-state index contributed by atoms with van der Waals surface area (Å²) < 4.78 is 0. The molecular weight excluding hydrogens is 240 g/mol. The van der Waals surface area contributed by atoms with Gasteiger partial charge in [-0.1, -0.05) is 6.42 Å².